The van der Waals surface area contributed by atoms with Crippen LogP contribution in [0.25, 0.3) is 0 Å². The van der Waals surface area contributed by atoms with Gasteiger partial charge >= 0.3 is 0 Å². The third-order valence-corrected chi connectivity index (χ3v) is 2.21. The van der Waals surface area contributed by atoms with E-state index in [1.165, 1.54) is 0 Å². The molecule has 0 aromatic carbocycles. The normalized spacial score (nSPS) is 10.5. The Balaban J connectivity index is 3.74. The van der Waals surface area contributed by atoms with Crippen LogP contribution in [0.3, 0.4) is 0 Å². The molecule has 11 heavy (non-hydrogen) atoms. The Hall–Kier alpha value is -0.480. The van der Waals surface area contributed by atoms with Crippen molar-refractivity contribution < 1.29 is 5.11 Å². The SMILES string of the molecule is CC#CCCC(O)(CC)CC. The highest BCUT2D eigenvalue weighted by Gasteiger charge is 2.20. The first-order chi connectivity index (χ1) is 5.18. The van der Waals surface area contributed by atoms with Gasteiger partial charge < -0.3 is 5.11 Å². The summed E-state index contributed by atoms with van der Waals surface area (Å²) in [7, 11) is 0. The zero-order chi connectivity index (χ0) is 8.74. The molecule has 0 saturated heterocycles. The maximum Gasteiger partial charge on any atom is 0.0651 e. The van der Waals surface area contributed by atoms with Crippen LogP contribution in [0.5, 0.6) is 0 Å². The maximum absolute atomic E-state index is 9.79. The van der Waals surface area contributed by atoms with E-state index in [1.807, 2.05) is 20.8 Å². The molecular weight excluding hydrogens is 136 g/mol. The van der Waals surface area contributed by atoms with Gasteiger partial charge in [-0.3, -0.25) is 0 Å². The van der Waals surface area contributed by atoms with Gasteiger partial charge in [-0.1, -0.05) is 13.8 Å². The molecule has 0 amide bonds. The summed E-state index contributed by atoms with van der Waals surface area (Å²) in [5, 5.41) is 9.79. The molecule has 0 atom stereocenters. The van der Waals surface area contributed by atoms with Gasteiger partial charge in [0.2, 0.25) is 0 Å². The molecule has 0 aromatic heterocycles. The smallest absolute Gasteiger partial charge is 0.0651 e. The van der Waals surface area contributed by atoms with Crippen LogP contribution in [0, 0.1) is 11.8 Å². The Morgan fingerprint density at radius 3 is 2.18 bits per heavy atom. The van der Waals surface area contributed by atoms with E-state index >= 15 is 0 Å². The third-order valence-electron chi connectivity index (χ3n) is 2.21. The number of rotatable bonds is 4. The molecule has 0 aromatic rings. The second kappa shape index (κ2) is 5.21. The van der Waals surface area contributed by atoms with E-state index in [0.29, 0.717) is 0 Å². The molecule has 0 aliphatic rings. The molecule has 0 unspecified atom stereocenters. The summed E-state index contributed by atoms with van der Waals surface area (Å²) >= 11 is 0. The van der Waals surface area contributed by atoms with E-state index in [0.717, 1.165) is 25.7 Å². The minimum atomic E-state index is -0.468. The summed E-state index contributed by atoms with van der Waals surface area (Å²) in [5.74, 6) is 5.79. The third kappa shape index (κ3) is 4.06. The van der Waals surface area contributed by atoms with E-state index in [2.05, 4.69) is 11.8 Å². The fourth-order valence-corrected chi connectivity index (χ4v) is 1.02. The predicted molar refractivity (Wildman–Crippen MR) is 48.2 cm³/mol. The Labute approximate surface area is 69.8 Å². The molecule has 0 fully saturated rings. The Kier molecular flexibility index (Phi) is 4.98. The second-order valence-electron chi connectivity index (χ2n) is 2.86. The average molecular weight is 154 g/mol. The van der Waals surface area contributed by atoms with E-state index in [4.69, 9.17) is 0 Å². The molecule has 0 spiro atoms. The fraction of sp³-hybridized carbons (Fsp3) is 0.800. The van der Waals surface area contributed by atoms with Crippen molar-refractivity contribution in [2.75, 3.05) is 0 Å². The first-order valence-corrected chi connectivity index (χ1v) is 4.30. The minimum Gasteiger partial charge on any atom is -0.390 e. The van der Waals surface area contributed by atoms with Crippen LogP contribution >= 0.6 is 0 Å². The minimum absolute atomic E-state index is 0.468. The molecule has 0 rings (SSSR count). The van der Waals surface area contributed by atoms with Crippen molar-refractivity contribution in [2.45, 2.75) is 52.1 Å². The lowest BCUT2D eigenvalue weighted by atomic mass is 9.92. The van der Waals surface area contributed by atoms with Crippen LogP contribution in [0.2, 0.25) is 0 Å². The van der Waals surface area contributed by atoms with Gasteiger partial charge in [-0.05, 0) is 26.2 Å². The van der Waals surface area contributed by atoms with Crippen molar-refractivity contribution >= 4 is 0 Å². The maximum atomic E-state index is 9.79. The van der Waals surface area contributed by atoms with Gasteiger partial charge in [-0.2, -0.15) is 0 Å². The highest BCUT2D eigenvalue weighted by molar-refractivity contribution is 4.96. The standard InChI is InChI=1S/C10H18O/c1-4-7-8-9-10(11,5-2)6-3/h11H,5-6,8-9H2,1-3H3. The Morgan fingerprint density at radius 1 is 1.27 bits per heavy atom. The van der Waals surface area contributed by atoms with E-state index in [9.17, 15) is 5.11 Å². The summed E-state index contributed by atoms with van der Waals surface area (Å²) < 4.78 is 0. The molecule has 64 valence electrons. The van der Waals surface area contributed by atoms with E-state index < -0.39 is 5.60 Å². The van der Waals surface area contributed by atoms with Gasteiger partial charge in [0.05, 0.1) is 5.60 Å². The van der Waals surface area contributed by atoms with Crippen molar-refractivity contribution in [1.29, 1.82) is 0 Å². The predicted octanol–water partition coefficient (Wildman–Crippen LogP) is 2.34. The first-order valence-electron chi connectivity index (χ1n) is 4.30. The first kappa shape index (κ1) is 10.5. The Morgan fingerprint density at radius 2 is 1.82 bits per heavy atom. The topological polar surface area (TPSA) is 20.2 Å². The quantitative estimate of drug-likeness (QED) is 0.616. The van der Waals surface area contributed by atoms with Gasteiger partial charge in [0.15, 0.2) is 0 Å². The molecule has 1 nitrogen and oxygen atoms in total. The van der Waals surface area contributed by atoms with Gasteiger partial charge in [0, 0.05) is 6.42 Å². The van der Waals surface area contributed by atoms with Gasteiger partial charge in [-0.15, -0.1) is 11.8 Å². The van der Waals surface area contributed by atoms with Crippen molar-refractivity contribution in [2.24, 2.45) is 0 Å². The van der Waals surface area contributed by atoms with Gasteiger partial charge in [0.25, 0.3) is 0 Å². The van der Waals surface area contributed by atoms with Crippen LogP contribution in [0.1, 0.15) is 46.5 Å². The molecule has 0 radical (unpaired) electrons. The highest BCUT2D eigenvalue weighted by Crippen LogP contribution is 2.20. The monoisotopic (exact) mass is 154 g/mol. The lowest BCUT2D eigenvalue weighted by molar-refractivity contribution is 0.0251. The number of aliphatic hydroxyl groups is 1. The lowest BCUT2D eigenvalue weighted by Crippen LogP contribution is -2.25. The Bertz CT molecular complexity index is 146. The molecule has 0 aliphatic carbocycles. The summed E-state index contributed by atoms with van der Waals surface area (Å²) in [5.41, 5.74) is -0.468. The van der Waals surface area contributed by atoms with Crippen molar-refractivity contribution in [3.05, 3.63) is 0 Å². The molecular formula is C10H18O. The van der Waals surface area contributed by atoms with Crippen LogP contribution in [0.4, 0.5) is 0 Å². The molecule has 1 N–H and O–H groups in total. The lowest BCUT2D eigenvalue weighted by Gasteiger charge is -2.23. The summed E-state index contributed by atoms with van der Waals surface area (Å²) in [6.45, 7) is 5.86. The second-order valence-corrected chi connectivity index (χ2v) is 2.86. The van der Waals surface area contributed by atoms with Crippen LogP contribution < -0.4 is 0 Å². The largest absolute Gasteiger partial charge is 0.390 e. The van der Waals surface area contributed by atoms with Gasteiger partial charge in [-0.25, -0.2) is 0 Å². The number of hydrogen-bond acceptors (Lipinski definition) is 1. The zero-order valence-electron chi connectivity index (χ0n) is 7.78. The highest BCUT2D eigenvalue weighted by atomic mass is 16.3. The molecule has 1 heteroatoms. The summed E-state index contributed by atoms with van der Waals surface area (Å²) in [6.07, 6.45) is 3.28. The van der Waals surface area contributed by atoms with Crippen molar-refractivity contribution in [1.82, 2.24) is 0 Å². The van der Waals surface area contributed by atoms with Crippen molar-refractivity contribution in [3.63, 3.8) is 0 Å². The summed E-state index contributed by atoms with van der Waals surface area (Å²) in [4.78, 5) is 0. The van der Waals surface area contributed by atoms with E-state index in [-0.39, 0.29) is 0 Å². The zero-order valence-corrected chi connectivity index (χ0v) is 7.78. The van der Waals surface area contributed by atoms with Crippen LogP contribution in [-0.4, -0.2) is 10.7 Å². The average Bonchev–Trinajstić information content (AvgIpc) is 2.05. The molecule has 0 aliphatic heterocycles. The van der Waals surface area contributed by atoms with Gasteiger partial charge in [0.1, 0.15) is 0 Å². The summed E-state index contributed by atoms with van der Waals surface area (Å²) in [6, 6.07) is 0. The van der Waals surface area contributed by atoms with Crippen LogP contribution in [0.15, 0.2) is 0 Å². The van der Waals surface area contributed by atoms with Crippen molar-refractivity contribution in [3.8, 4) is 11.8 Å². The molecule has 0 bridgehead atoms. The molecule has 0 saturated carbocycles. The van der Waals surface area contributed by atoms with E-state index in [1.54, 1.807) is 0 Å². The fourth-order valence-electron chi connectivity index (χ4n) is 1.02. The van der Waals surface area contributed by atoms with Crippen LogP contribution in [-0.2, 0) is 0 Å². The number of hydrogen-bond donors (Lipinski definition) is 1. The molecule has 0 heterocycles.